The first kappa shape index (κ1) is 28.5. The lowest BCUT2D eigenvalue weighted by molar-refractivity contribution is -0.384. The first-order valence-electron chi connectivity index (χ1n) is 14.5. The average Bonchev–Trinajstić information content (AvgIpc) is 3.52. The number of hydrogen-bond acceptors (Lipinski definition) is 10. The van der Waals surface area contributed by atoms with Gasteiger partial charge in [0.1, 0.15) is 11.5 Å². The number of furan rings is 1. The molecule has 11 nitrogen and oxygen atoms in total. The van der Waals surface area contributed by atoms with Crippen LogP contribution in [0.1, 0.15) is 29.7 Å². The number of nitro benzene ring substituents is 1. The minimum atomic E-state index is -0.431. The van der Waals surface area contributed by atoms with Crippen LogP contribution in [0.2, 0.25) is 0 Å². The zero-order chi connectivity index (χ0) is 30.3. The number of nitro groups is 1. The molecule has 0 bridgehead atoms. The SMILES string of the molecule is Cc1ccc(Nc2nc(N/N=C\c3ccc(-c4ccccc4[N+](=O)[O-])o3)nc(N3CCC(Cc4ccccc4)CC3)n2)cc1. The fourth-order valence-electron chi connectivity index (χ4n) is 5.22. The summed E-state index contributed by atoms with van der Waals surface area (Å²) in [5, 5.41) is 19.0. The lowest BCUT2D eigenvalue weighted by Gasteiger charge is -2.32. The summed E-state index contributed by atoms with van der Waals surface area (Å²) < 4.78 is 5.81. The summed E-state index contributed by atoms with van der Waals surface area (Å²) in [6, 6.07) is 28.4. The molecule has 0 unspecified atom stereocenters. The number of benzene rings is 3. The van der Waals surface area contributed by atoms with Gasteiger partial charge < -0.3 is 14.6 Å². The van der Waals surface area contributed by atoms with Gasteiger partial charge in [0.25, 0.3) is 5.69 Å². The van der Waals surface area contributed by atoms with Gasteiger partial charge in [-0.3, -0.25) is 10.1 Å². The van der Waals surface area contributed by atoms with E-state index in [4.69, 9.17) is 9.40 Å². The molecule has 11 heteroatoms. The topological polar surface area (TPSA) is 135 Å². The fourth-order valence-corrected chi connectivity index (χ4v) is 5.22. The summed E-state index contributed by atoms with van der Waals surface area (Å²) in [7, 11) is 0. The molecule has 0 atom stereocenters. The Morgan fingerprint density at radius 2 is 1.66 bits per heavy atom. The molecule has 44 heavy (non-hydrogen) atoms. The minimum Gasteiger partial charge on any atom is -0.455 e. The van der Waals surface area contributed by atoms with E-state index in [2.05, 4.69) is 61.0 Å². The van der Waals surface area contributed by atoms with Gasteiger partial charge in [-0.05, 0) is 68.0 Å². The van der Waals surface area contributed by atoms with Crippen LogP contribution in [0.3, 0.4) is 0 Å². The van der Waals surface area contributed by atoms with Crippen LogP contribution in [0.15, 0.2) is 101 Å². The van der Waals surface area contributed by atoms with E-state index >= 15 is 0 Å². The van der Waals surface area contributed by atoms with Crippen LogP contribution in [0.4, 0.5) is 29.2 Å². The van der Waals surface area contributed by atoms with Crippen molar-refractivity contribution in [1.82, 2.24) is 15.0 Å². The van der Waals surface area contributed by atoms with Gasteiger partial charge >= 0.3 is 0 Å². The van der Waals surface area contributed by atoms with E-state index in [1.807, 2.05) is 31.2 Å². The first-order chi connectivity index (χ1) is 21.5. The van der Waals surface area contributed by atoms with Crippen LogP contribution in [0.25, 0.3) is 11.3 Å². The molecule has 3 heterocycles. The summed E-state index contributed by atoms with van der Waals surface area (Å²) in [5.41, 5.74) is 6.65. The smallest absolute Gasteiger partial charge is 0.280 e. The lowest BCUT2D eigenvalue weighted by Crippen LogP contribution is -2.35. The normalized spacial score (nSPS) is 13.7. The van der Waals surface area contributed by atoms with Gasteiger partial charge in [0, 0.05) is 24.8 Å². The lowest BCUT2D eigenvalue weighted by atomic mass is 9.90. The Hall–Kier alpha value is -5.58. The molecule has 1 aliphatic heterocycles. The van der Waals surface area contributed by atoms with E-state index in [0.29, 0.717) is 34.9 Å². The second-order valence-electron chi connectivity index (χ2n) is 10.7. The molecule has 3 aromatic carbocycles. The molecule has 1 saturated heterocycles. The van der Waals surface area contributed by atoms with Gasteiger partial charge in [-0.25, -0.2) is 5.43 Å². The highest BCUT2D eigenvalue weighted by Crippen LogP contribution is 2.31. The largest absolute Gasteiger partial charge is 0.455 e. The molecule has 0 radical (unpaired) electrons. The Morgan fingerprint density at radius 3 is 2.43 bits per heavy atom. The summed E-state index contributed by atoms with van der Waals surface area (Å²) in [6.45, 7) is 3.72. The maximum atomic E-state index is 11.4. The van der Waals surface area contributed by atoms with Gasteiger partial charge in [0.15, 0.2) is 0 Å². The van der Waals surface area contributed by atoms with Crippen molar-refractivity contribution in [3.8, 4) is 11.3 Å². The number of para-hydroxylation sites is 1. The van der Waals surface area contributed by atoms with Gasteiger partial charge in [0.05, 0.1) is 16.7 Å². The fraction of sp³-hybridized carbons (Fsp3) is 0.212. The van der Waals surface area contributed by atoms with E-state index in [1.165, 1.54) is 17.8 Å². The van der Waals surface area contributed by atoms with Crippen LogP contribution in [0.5, 0.6) is 0 Å². The summed E-state index contributed by atoms with van der Waals surface area (Å²) in [4.78, 5) is 27.1. The summed E-state index contributed by atoms with van der Waals surface area (Å²) in [5.74, 6) is 2.65. The zero-order valence-electron chi connectivity index (χ0n) is 24.3. The van der Waals surface area contributed by atoms with E-state index in [0.717, 1.165) is 43.6 Å². The van der Waals surface area contributed by atoms with Crippen molar-refractivity contribution in [2.24, 2.45) is 11.0 Å². The monoisotopic (exact) mass is 588 g/mol. The van der Waals surface area contributed by atoms with E-state index in [1.54, 1.807) is 30.3 Å². The summed E-state index contributed by atoms with van der Waals surface area (Å²) in [6.07, 6.45) is 4.63. The molecule has 2 aromatic heterocycles. The quantitative estimate of drug-likeness (QED) is 0.100. The molecule has 0 spiro atoms. The molecule has 0 aliphatic carbocycles. The van der Waals surface area contributed by atoms with Crippen molar-refractivity contribution in [1.29, 1.82) is 0 Å². The number of piperidine rings is 1. The standard InChI is InChI=1S/C33H32N8O3/c1-23-11-13-26(14-12-23)35-31-36-32(38-33(37-31)40-19-17-25(18-20-40)21-24-7-3-2-4-8-24)39-34-22-27-15-16-30(44-27)28-9-5-6-10-29(28)41(42)43/h2-16,22,25H,17-21H2,1H3,(H2,35,36,37,38,39)/b34-22-. The number of aryl methyl sites for hydroxylation is 1. The Bertz CT molecular complexity index is 1750. The van der Waals surface area contributed by atoms with Gasteiger partial charge in [-0.1, -0.05) is 60.2 Å². The highest BCUT2D eigenvalue weighted by Gasteiger charge is 2.23. The third-order valence-corrected chi connectivity index (χ3v) is 7.55. The molecule has 0 saturated carbocycles. The van der Waals surface area contributed by atoms with Crippen LogP contribution in [-0.4, -0.2) is 39.2 Å². The average molecular weight is 589 g/mol. The first-order valence-corrected chi connectivity index (χ1v) is 14.5. The van der Waals surface area contributed by atoms with E-state index in [-0.39, 0.29) is 11.6 Å². The number of hydrogen-bond donors (Lipinski definition) is 2. The predicted octanol–water partition coefficient (Wildman–Crippen LogP) is 7.00. The number of rotatable bonds is 10. The summed E-state index contributed by atoms with van der Waals surface area (Å²) >= 11 is 0. The molecular weight excluding hydrogens is 556 g/mol. The molecule has 2 N–H and O–H groups in total. The minimum absolute atomic E-state index is 0.0288. The third kappa shape index (κ3) is 7.06. The molecule has 222 valence electrons. The second kappa shape index (κ2) is 13.2. The number of nitrogens with one attached hydrogen (secondary N) is 2. The molecule has 6 rings (SSSR count). The van der Waals surface area contributed by atoms with Crippen molar-refractivity contribution in [3.05, 3.63) is 118 Å². The van der Waals surface area contributed by atoms with Crippen molar-refractivity contribution in [3.63, 3.8) is 0 Å². The Balaban J connectivity index is 1.18. The maximum absolute atomic E-state index is 11.4. The van der Waals surface area contributed by atoms with Crippen molar-refractivity contribution < 1.29 is 9.34 Å². The highest BCUT2D eigenvalue weighted by atomic mass is 16.6. The number of aromatic nitrogens is 3. The Kier molecular flexibility index (Phi) is 8.53. The third-order valence-electron chi connectivity index (χ3n) is 7.55. The Labute approximate surface area is 254 Å². The van der Waals surface area contributed by atoms with E-state index < -0.39 is 4.92 Å². The van der Waals surface area contributed by atoms with Gasteiger partial charge in [0.2, 0.25) is 17.8 Å². The Morgan fingerprint density at radius 1 is 0.932 bits per heavy atom. The molecule has 0 amide bonds. The zero-order valence-corrected chi connectivity index (χ0v) is 24.3. The maximum Gasteiger partial charge on any atom is 0.280 e. The molecule has 5 aromatic rings. The van der Waals surface area contributed by atoms with Crippen LogP contribution in [0, 0.1) is 23.0 Å². The van der Waals surface area contributed by atoms with Crippen LogP contribution < -0.4 is 15.6 Å². The van der Waals surface area contributed by atoms with Crippen molar-refractivity contribution in [2.45, 2.75) is 26.2 Å². The van der Waals surface area contributed by atoms with Crippen molar-refractivity contribution >= 4 is 35.4 Å². The molecular formula is C33H32N8O3. The number of nitrogens with zero attached hydrogens (tertiary/aromatic N) is 6. The van der Waals surface area contributed by atoms with Crippen LogP contribution >= 0.6 is 0 Å². The van der Waals surface area contributed by atoms with Gasteiger partial charge in [-0.15, -0.1) is 0 Å². The van der Waals surface area contributed by atoms with Gasteiger partial charge in [-0.2, -0.15) is 20.1 Å². The molecule has 1 fully saturated rings. The van der Waals surface area contributed by atoms with Crippen LogP contribution in [-0.2, 0) is 6.42 Å². The number of anilines is 4. The molecule has 1 aliphatic rings. The second-order valence-corrected chi connectivity index (χ2v) is 10.7. The van der Waals surface area contributed by atoms with Crippen molar-refractivity contribution in [2.75, 3.05) is 28.7 Å². The predicted molar refractivity (Wildman–Crippen MR) is 171 cm³/mol. The number of hydrazone groups is 1. The highest BCUT2D eigenvalue weighted by molar-refractivity contribution is 5.79. The van der Waals surface area contributed by atoms with E-state index in [9.17, 15) is 10.1 Å².